The molecule has 0 radical (unpaired) electrons. The lowest BCUT2D eigenvalue weighted by Gasteiger charge is -2.32. The molecule has 1 heterocycles. The maximum atomic E-state index is 13.9. The number of benzene rings is 1. The van der Waals surface area contributed by atoms with E-state index >= 15 is 0 Å². The first-order valence-corrected chi connectivity index (χ1v) is 17.5. The zero-order valence-electron chi connectivity index (χ0n) is 27.5. The Kier molecular flexibility index (Phi) is 14.2. The number of aliphatic hydroxyl groups excluding tert-OH is 1. The van der Waals surface area contributed by atoms with Crippen LogP contribution in [0.3, 0.4) is 0 Å². The minimum Gasteiger partial charge on any atom is -0.444 e. The van der Waals surface area contributed by atoms with Crippen LogP contribution in [-0.2, 0) is 40.8 Å². The van der Waals surface area contributed by atoms with Crippen molar-refractivity contribution >= 4 is 25.5 Å². The molecule has 1 aliphatic rings. The summed E-state index contributed by atoms with van der Waals surface area (Å²) in [5.74, 6) is -0.891. The Labute approximate surface area is 271 Å². The molecule has 1 aromatic carbocycles. The molecule has 0 aliphatic heterocycles. The highest BCUT2D eigenvalue weighted by atomic mass is 31.2. The molecular weight excluding hydrogens is 613 g/mol. The largest absolute Gasteiger partial charge is 0.444 e. The van der Waals surface area contributed by atoms with Crippen molar-refractivity contribution in [3.63, 3.8) is 0 Å². The van der Waals surface area contributed by atoms with Gasteiger partial charge in [0.1, 0.15) is 17.7 Å². The van der Waals surface area contributed by atoms with Crippen molar-refractivity contribution in [3.05, 3.63) is 54.1 Å². The first-order chi connectivity index (χ1) is 21.8. The third-order valence-corrected chi connectivity index (χ3v) is 9.91. The SMILES string of the molecule is COP(=O)(C[C@H](O)[C@H](CC1CCCCC1)NC(=O)[C@@H](Cc1cnc[nH]1)NC(=O)[C@H](Cc1ccccc1)NC(=O)OC(C)(C)C)OC. The van der Waals surface area contributed by atoms with Gasteiger partial charge in [-0.1, -0.05) is 62.4 Å². The van der Waals surface area contributed by atoms with Gasteiger partial charge in [0, 0.05) is 39.0 Å². The summed E-state index contributed by atoms with van der Waals surface area (Å²) in [5, 5.41) is 19.6. The van der Waals surface area contributed by atoms with Gasteiger partial charge in [-0.25, -0.2) is 9.78 Å². The number of ether oxygens (including phenoxy) is 1. The van der Waals surface area contributed by atoms with Gasteiger partial charge < -0.3 is 39.8 Å². The summed E-state index contributed by atoms with van der Waals surface area (Å²) < 4.78 is 28.4. The second-order valence-electron chi connectivity index (χ2n) is 12.8. The van der Waals surface area contributed by atoms with Crippen molar-refractivity contribution in [2.45, 2.75) is 102 Å². The number of rotatable bonds is 16. The van der Waals surface area contributed by atoms with Gasteiger partial charge in [-0.3, -0.25) is 14.2 Å². The van der Waals surface area contributed by atoms with E-state index in [1.54, 1.807) is 27.0 Å². The summed E-state index contributed by atoms with van der Waals surface area (Å²) in [5.41, 5.74) is 0.600. The monoisotopic (exact) mass is 663 g/mol. The van der Waals surface area contributed by atoms with Crippen molar-refractivity contribution in [2.75, 3.05) is 20.4 Å². The zero-order chi connectivity index (χ0) is 33.7. The number of carbonyl (C=O) groups is 3. The molecule has 3 rings (SSSR count). The second-order valence-corrected chi connectivity index (χ2v) is 15.1. The lowest BCUT2D eigenvalue weighted by atomic mass is 9.83. The molecule has 0 bridgehead atoms. The summed E-state index contributed by atoms with van der Waals surface area (Å²) in [6.45, 7) is 5.17. The van der Waals surface area contributed by atoms with E-state index in [4.69, 9.17) is 13.8 Å². The number of carbonyl (C=O) groups excluding carboxylic acids is 3. The van der Waals surface area contributed by atoms with Crippen LogP contribution in [0.1, 0.15) is 70.6 Å². The molecule has 0 spiro atoms. The van der Waals surface area contributed by atoms with E-state index in [-0.39, 0.29) is 24.9 Å². The van der Waals surface area contributed by atoms with Crippen molar-refractivity contribution in [3.8, 4) is 0 Å². The van der Waals surface area contributed by atoms with E-state index in [9.17, 15) is 24.1 Å². The van der Waals surface area contributed by atoms with E-state index in [0.717, 1.165) is 37.7 Å². The van der Waals surface area contributed by atoms with Crippen LogP contribution in [0.5, 0.6) is 0 Å². The van der Waals surface area contributed by atoms with E-state index in [1.807, 2.05) is 30.3 Å². The van der Waals surface area contributed by atoms with E-state index in [1.165, 1.54) is 20.5 Å². The number of aliphatic hydroxyl groups is 1. The Morgan fingerprint density at radius 2 is 1.61 bits per heavy atom. The number of hydrogen-bond acceptors (Lipinski definition) is 9. The molecule has 256 valence electrons. The molecular formula is C32H50N5O8P. The predicted octanol–water partition coefficient (Wildman–Crippen LogP) is 3.88. The molecule has 5 N–H and O–H groups in total. The topological polar surface area (TPSA) is 181 Å². The molecule has 4 atom stereocenters. The zero-order valence-corrected chi connectivity index (χ0v) is 28.4. The average molecular weight is 664 g/mol. The van der Waals surface area contributed by atoms with Crippen molar-refractivity contribution in [1.82, 2.24) is 25.9 Å². The summed E-state index contributed by atoms with van der Waals surface area (Å²) in [4.78, 5) is 47.5. The Bertz CT molecular complexity index is 1270. The molecule has 2 aromatic rings. The molecule has 1 aromatic heterocycles. The fourth-order valence-electron chi connectivity index (χ4n) is 5.56. The number of imidazole rings is 1. The first-order valence-electron chi connectivity index (χ1n) is 15.8. The number of amides is 3. The van der Waals surface area contributed by atoms with Crippen LogP contribution in [0, 0.1) is 5.92 Å². The molecule has 13 nitrogen and oxygen atoms in total. The Hall–Kier alpha value is -3.25. The fourth-order valence-corrected chi connectivity index (χ4v) is 6.72. The van der Waals surface area contributed by atoms with Crippen molar-refractivity contribution in [1.29, 1.82) is 0 Å². The van der Waals surface area contributed by atoms with Crippen LogP contribution < -0.4 is 16.0 Å². The Morgan fingerprint density at radius 1 is 0.978 bits per heavy atom. The Morgan fingerprint density at radius 3 is 2.20 bits per heavy atom. The number of hydrogen-bond donors (Lipinski definition) is 5. The minimum atomic E-state index is -3.59. The van der Waals surface area contributed by atoms with Gasteiger partial charge in [-0.05, 0) is 38.7 Å². The maximum Gasteiger partial charge on any atom is 0.408 e. The van der Waals surface area contributed by atoms with Crippen LogP contribution in [-0.4, -0.2) is 83.2 Å². The summed E-state index contributed by atoms with van der Waals surface area (Å²) in [6, 6.07) is 6.23. The number of alkyl carbamates (subject to hydrolysis) is 1. The summed E-state index contributed by atoms with van der Waals surface area (Å²) >= 11 is 0. The third kappa shape index (κ3) is 12.5. The quantitative estimate of drug-likeness (QED) is 0.167. The molecule has 14 heteroatoms. The minimum absolute atomic E-state index is 0.0585. The number of nitrogens with one attached hydrogen (secondary N) is 4. The van der Waals surface area contributed by atoms with Gasteiger partial charge in [0.2, 0.25) is 11.8 Å². The molecule has 0 unspecified atom stereocenters. The smallest absolute Gasteiger partial charge is 0.408 e. The molecule has 3 amide bonds. The van der Waals surface area contributed by atoms with E-state index in [0.29, 0.717) is 12.1 Å². The highest BCUT2D eigenvalue weighted by molar-refractivity contribution is 7.53. The first kappa shape index (κ1) is 37.2. The summed E-state index contributed by atoms with van der Waals surface area (Å²) in [6.07, 6.45) is 6.53. The highest BCUT2D eigenvalue weighted by Crippen LogP contribution is 2.47. The normalized spacial score (nSPS) is 16.9. The van der Waals surface area contributed by atoms with Crippen molar-refractivity contribution < 1.29 is 37.8 Å². The Balaban J connectivity index is 1.85. The van der Waals surface area contributed by atoms with Gasteiger partial charge in [-0.2, -0.15) is 0 Å². The standard InChI is InChI=1S/C32H50N5O8P/c1-32(2,3)45-31(41)37-26(17-23-14-10-7-11-15-23)29(39)36-27(18-24-19-33-21-34-24)30(40)35-25(16-22-12-8-6-9-13-22)28(38)20-46(42,43-4)44-5/h7,10-11,14-15,19,21-22,25-28,38H,6,8-9,12-13,16-18,20H2,1-5H3,(H,33,34)(H,35,40)(H,36,39)(H,37,41)/t25-,26-,27+,28-/m0/s1. The second kappa shape index (κ2) is 17.6. The van der Waals surface area contributed by atoms with Crippen LogP contribution in [0.4, 0.5) is 4.79 Å². The highest BCUT2D eigenvalue weighted by Gasteiger charge is 2.36. The van der Waals surface area contributed by atoms with E-state index in [2.05, 4.69) is 25.9 Å². The number of nitrogens with zero attached hydrogens (tertiary/aromatic N) is 1. The maximum absolute atomic E-state index is 13.9. The van der Waals surface area contributed by atoms with Crippen LogP contribution in [0.25, 0.3) is 0 Å². The average Bonchev–Trinajstić information content (AvgIpc) is 3.53. The number of aromatic amines is 1. The van der Waals surface area contributed by atoms with Gasteiger partial charge in [0.05, 0.1) is 24.6 Å². The van der Waals surface area contributed by atoms with Gasteiger partial charge in [0.15, 0.2) is 0 Å². The third-order valence-electron chi connectivity index (χ3n) is 7.97. The fraction of sp³-hybridized carbons (Fsp3) is 0.625. The summed E-state index contributed by atoms with van der Waals surface area (Å²) in [7, 11) is -1.09. The van der Waals surface area contributed by atoms with Crippen molar-refractivity contribution in [2.24, 2.45) is 5.92 Å². The van der Waals surface area contributed by atoms with Gasteiger partial charge in [0.25, 0.3) is 0 Å². The lowest BCUT2D eigenvalue weighted by molar-refractivity contribution is -0.130. The molecule has 0 saturated heterocycles. The van der Waals surface area contributed by atoms with Crippen LogP contribution in [0.15, 0.2) is 42.9 Å². The molecule has 1 fully saturated rings. The number of H-pyrrole nitrogens is 1. The lowest BCUT2D eigenvalue weighted by Crippen LogP contribution is -2.58. The van der Waals surface area contributed by atoms with Crippen LogP contribution in [0.2, 0.25) is 0 Å². The molecule has 1 aliphatic carbocycles. The van der Waals surface area contributed by atoms with Gasteiger partial charge in [-0.15, -0.1) is 0 Å². The molecule has 1 saturated carbocycles. The van der Waals surface area contributed by atoms with Gasteiger partial charge >= 0.3 is 13.7 Å². The van der Waals surface area contributed by atoms with E-state index < -0.39 is 55.3 Å². The molecule has 46 heavy (non-hydrogen) atoms. The predicted molar refractivity (Wildman–Crippen MR) is 173 cm³/mol. The number of aromatic nitrogens is 2. The van der Waals surface area contributed by atoms with Crippen LogP contribution >= 0.6 is 7.60 Å².